The molecule has 364 valence electrons. The largest absolute Gasteiger partial charge is 0.463 e. The zero-order valence-electron chi connectivity index (χ0n) is 38.7. The maximum atomic E-state index is 12.6. The van der Waals surface area contributed by atoms with E-state index >= 15 is 0 Å². The van der Waals surface area contributed by atoms with Crippen molar-refractivity contribution < 1.29 is 90.3 Å². The average molecular weight is 931 g/mol. The molecule has 0 aliphatic carbocycles. The Morgan fingerprint density at radius 1 is 0.424 bits per heavy atom. The number of carbonyl (C=O) groups excluding carboxylic acids is 6. The second-order valence-electron chi connectivity index (χ2n) is 16.5. The topological polar surface area (TPSA) is 222 Å². The quantitative estimate of drug-likeness (QED) is 0.144. The molecule has 2 aromatic rings. The Kier molecular flexibility index (Phi) is 19.4. The van der Waals surface area contributed by atoms with Crippen molar-refractivity contribution in [2.75, 3.05) is 19.8 Å². The van der Waals surface area contributed by atoms with Gasteiger partial charge in [0.25, 0.3) is 0 Å². The van der Waals surface area contributed by atoms with Gasteiger partial charge in [-0.05, 0) is 18.1 Å². The van der Waals surface area contributed by atoms with Crippen LogP contribution >= 0.6 is 0 Å². The Morgan fingerprint density at radius 2 is 0.818 bits per heavy atom. The fraction of sp³-hybridized carbons (Fsp3) is 0.617. The summed E-state index contributed by atoms with van der Waals surface area (Å²) in [5.41, 5.74) is 1.73. The Balaban J connectivity index is 1.54. The molecule has 0 amide bonds. The predicted molar refractivity (Wildman–Crippen MR) is 226 cm³/mol. The molecule has 0 bridgehead atoms. The molecule has 3 aliphatic rings. The summed E-state index contributed by atoms with van der Waals surface area (Å²) in [5.74, 6) is -5.55. The third-order valence-corrected chi connectivity index (χ3v) is 11.2. The molecule has 3 heterocycles. The van der Waals surface area contributed by atoms with Crippen molar-refractivity contribution in [2.24, 2.45) is 11.8 Å². The van der Waals surface area contributed by atoms with Gasteiger partial charge in [0.05, 0.1) is 25.9 Å². The van der Waals surface area contributed by atoms with E-state index in [1.165, 1.54) is 41.5 Å². The number of ether oxygens (including phenoxy) is 13. The van der Waals surface area contributed by atoms with E-state index in [-0.39, 0.29) is 33.0 Å². The van der Waals surface area contributed by atoms with Crippen LogP contribution in [0.3, 0.4) is 0 Å². The number of hydrogen-bond acceptors (Lipinski definition) is 19. The lowest BCUT2D eigenvalue weighted by atomic mass is 9.90. The van der Waals surface area contributed by atoms with Crippen molar-refractivity contribution in [1.29, 1.82) is 0 Å². The lowest BCUT2D eigenvalue weighted by molar-refractivity contribution is -0.346. The van der Waals surface area contributed by atoms with Crippen LogP contribution in [0.1, 0.15) is 73.4 Å². The number of benzene rings is 2. The van der Waals surface area contributed by atoms with E-state index < -0.39 is 127 Å². The van der Waals surface area contributed by atoms with Crippen LogP contribution < -0.4 is 0 Å². The molecule has 6 unspecified atom stereocenters. The van der Waals surface area contributed by atoms with Crippen molar-refractivity contribution >= 4 is 35.8 Å². The summed E-state index contributed by atoms with van der Waals surface area (Å²) in [5, 5.41) is 0. The summed E-state index contributed by atoms with van der Waals surface area (Å²) in [6.45, 7) is 11.7. The fourth-order valence-electron chi connectivity index (χ4n) is 8.19. The summed E-state index contributed by atoms with van der Waals surface area (Å²) in [6.07, 6.45) is -13.7. The lowest BCUT2D eigenvalue weighted by Crippen LogP contribution is -2.64. The molecule has 0 N–H and O–H groups in total. The minimum absolute atomic E-state index is 0.111. The lowest BCUT2D eigenvalue weighted by Gasteiger charge is -2.49. The molecule has 3 fully saturated rings. The van der Waals surface area contributed by atoms with Gasteiger partial charge in [-0.2, -0.15) is 0 Å². The molecule has 3 saturated heterocycles. The molecule has 3 aliphatic heterocycles. The second-order valence-corrected chi connectivity index (χ2v) is 16.5. The first-order chi connectivity index (χ1) is 31.4. The van der Waals surface area contributed by atoms with Crippen molar-refractivity contribution in [3.05, 3.63) is 71.8 Å². The summed E-state index contributed by atoms with van der Waals surface area (Å²) in [6, 6.07) is 19.0. The minimum Gasteiger partial charge on any atom is -0.463 e. The van der Waals surface area contributed by atoms with Gasteiger partial charge in [-0.1, -0.05) is 74.5 Å². The van der Waals surface area contributed by atoms with Gasteiger partial charge in [0.1, 0.15) is 62.0 Å². The molecule has 0 aromatic heterocycles. The van der Waals surface area contributed by atoms with Crippen LogP contribution in [-0.2, 0) is 104 Å². The van der Waals surface area contributed by atoms with Gasteiger partial charge < -0.3 is 61.6 Å². The molecule has 0 spiro atoms. The zero-order valence-corrected chi connectivity index (χ0v) is 38.7. The van der Waals surface area contributed by atoms with Gasteiger partial charge in [-0.15, -0.1) is 0 Å². The van der Waals surface area contributed by atoms with Crippen LogP contribution in [0.15, 0.2) is 60.7 Å². The molecular weight excluding hydrogens is 868 g/mol. The van der Waals surface area contributed by atoms with Gasteiger partial charge >= 0.3 is 35.8 Å². The van der Waals surface area contributed by atoms with E-state index in [4.69, 9.17) is 61.6 Å². The van der Waals surface area contributed by atoms with Gasteiger partial charge in [0.15, 0.2) is 24.8 Å². The number of esters is 6. The first-order valence-electron chi connectivity index (χ1n) is 21.9. The van der Waals surface area contributed by atoms with E-state index in [1.807, 2.05) is 67.6 Å². The standard InChI is InChI=1S/C47H62O19/c1-25-39(60-30(6)50)42(62-32(8)52)37(22-54-28(4)48)64-46(25)58-24-36-44(66-47-26(2)40(61-31(7)51)43(63-33(9)53)38(65-47)23-55-29(5)49)45(57-21-35-18-14-11-15-19-35)41(27(3)59-36)56-20-34-16-12-10-13-17-34/h10-19,25-27,36-47H,20-24H2,1-9H3/t25?,26?,27-,36?,37?,38?,39-,40-,41?,42-,43-,44-,45+,46-,47+/m1/s1. The van der Waals surface area contributed by atoms with Crippen molar-refractivity contribution in [3.63, 3.8) is 0 Å². The van der Waals surface area contributed by atoms with E-state index in [0.29, 0.717) is 0 Å². The van der Waals surface area contributed by atoms with E-state index in [9.17, 15) is 28.8 Å². The smallest absolute Gasteiger partial charge is 0.303 e. The third-order valence-electron chi connectivity index (χ3n) is 11.2. The summed E-state index contributed by atoms with van der Waals surface area (Å²) < 4.78 is 79.6. The van der Waals surface area contributed by atoms with Gasteiger partial charge in [0, 0.05) is 53.4 Å². The highest BCUT2D eigenvalue weighted by Gasteiger charge is 2.54. The predicted octanol–water partition coefficient (Wildman–Crippen LogP) is 3.92. The molecule has 5 rings (SSSR count). The van der Waals surface area contributed by atoms with Gasteiger partial charge in [0.2, 0.25) is 0 Å². The van der Waals surface area contributed by atoms with Crippen molar-refractivity contribution in [1.82, 2.24) is 0 Å². The normalized spacial score (nSPS) is 32.0. The average Bonchev–Trinajstić information content (AvgIpc) is 3.25. The number of hydrogen-bond donors (Lipinski definition) is 0. The summed E-state index contributed by atoms with van der Waals surface area (Å²) in [4.78, 5) is 73.6. The maximum Gasteiger partial charge on any atom is 0.303 e. The Hall–Kier alpha value is -5.02. The molecule has 15 atom stereocenters. The number of rotatable bonds is 19. The van der Waals surface area contributed by atoms with Crippen LogP contribution in [0.25, 0.3) is 0 Å². The molecule has 0 saturated carbocycles. The highest BCUT2D eigenvalue weighted by Crippen LogP contribution is 2.38. The van der Waals surface area contributed by atoms with E-state index in [2.05, 4.69) is 0 Å². The van der Waals surface area contributed by atoms with Crippen LogP contribution in [-0.4, -0.2) is 135 Å². The minimum atomic E-state index is -1.25. The van der Waals surface area contributed by atoms with E-state index in [1.54, 1.807) is 13.8 Å². The fourth-order valence-corrected chi connectivity index (χ4v) is 8.19. The molecule has 19 heteroatoms. The highest BCUT2D eigenvalue weighted by atomic mass is 16.7. The highest BCUT2D eigenvalue weighted by molar-refractivity contribution is 5.68. The third kappa shape index (κ3) is 14.7. The molecular formula is C47H62O19. The summed E-state index contributed by atoms with van der Waals surface area (Å²) >= 11 is 0. The van der Waals surface area contributed by atoms with Crippen LogP contribution in [0.5, 0.6) is 0 Å². The monoisotopic (exact) mass is 930 g/mol. The SMILES string of the molecule is CC(=O)OCC1O[C@@H](OCC2O[C@H](C)C(OCc3ccccc3)[C@H](OCc3ccccc3)[C@@H]2O[C@@H]2OC(COC(C)=O)[C@@H](OC(C)=O)[C@H](OC(C)=O)C2C)C(C)[C@@H](OC(C)=O)[C@@H]1OC(C)=O. The van der Waals surface area contributed by atoms with Crippen LogP contribution in [0.2, 0.25) is 0 Å². The van der Waals surface area contributed by atoms with Gasteiger partial charge in [-0.25, -0.2) is 0 Å². The van der Waals surface area contributed by atoms with Crippen LogP contribution in [0, 0.1) is 11.8 Å². The van der Waals surface area contributed by atoms with Crippen LogP contribution in [0.4, 0.5) is 0 Å². The molecule has 66 heavy (non-hydrogen) atoms. The maximum absolute atomic E-state index is 12.6. The Morgan fingerprint density at radius 3 is 1.26 bits per heavy atom. The second kappa shape index (κ2) is 24.7. The molecule has 2 aromatic carbocycles. The zero-order chi connectivity index (χ0) is 48.1. The molecule has 19 nitrogen and oxygen atoms in total. The Labute approximate surface area is 384 Å². The van der Waals surface area contributed by atoms with Gasteiger partial charge in [-0.3, -0.25) is 28.8 Å². The number of carbonyl (C=O) groups is 6. The summed E-state index contributed by atoms with van der Waals surface area (Å²) in [7, 11) is 0. The van der Waals surface area contributed by atoms with Crippen molar-refractivity contribution in [3.8, 4) is 0 Å². The van der Waals surface area contributed by atoms with Crippen molar-refractivity contribution in [2.45, 2.75) is 155 Å². The van der Waals surface area contributed by atoms with E-state index in [0.717, 1.165) is 11.1 Å². The first-order valence-corrected chi connectivity index (χ1v) is 21.9. The molecule has 0 radical (unpaired) electrons. The first kappa shape index (κ1) is 52.0. The Bertz CT molecular complexity index is 1910.